The molecule has 0 atom stereocenters. The van der Waals surface area contributed by atoms with Crippen molar-refractivity contribution in [3.05, 3.63) is 31.6 Å². The summed E-state index contributed by atoms with van der Waals surface area (Å²) in [5.74, 6) is -0.0364. The Hall–Kier alpha value is -1.65. The van der Waals surface area contributed by atoms with Crippen molar-refractivity contribution in [2.24, 2.45) is 5.10 Å². The van der Waals surface area contributed by atoms with Gasteiger partial charge in [-0.1, -0.05) is 0 Å². The predicted octanol–water partition coefficient (Wildman–Crippen LogP) is 3.93. The Morgan fingerprint density at radius 2 is 2.28 bits per heavy atom. The quantitative estimate of drug-likeness (QED) is 0.345. The van der Waals surface area contributed by atoms with Crippen LogP contribution in [0.1, 0.15) is 18.2 Å². The molecule has 0 aliphatic rings. The number of hydrogen-bond donors (Lipinski definition) is 2. The van der Waals surface area contributed by atoms with E-state index >= 15 is 0 Å². The summed E-state index contributed by atoms with van der Waals surface area (Å²) in [7, 11) is 1.47. The highest BCUT2D eigenvalue weighted by Gasteiger charge is 2.14. The van der Waals surface area contributed by atoms with Crippen LogP contribution in [0.4, 0.5) is 5.13 Å². The van der Waals surface area contributed by atoms with Gasteiger partial charge in [0.15, 0.2) is 11.5 Å². The molecule has 0 radical (unpaired) electrons. The Morgan fingerprint density at radius 1 is 1.52 bits per heavy atom. The number of halogens is 2. The van der Waals surface area contributed by atoms with Crippen molar-refractivity contribution >= 4 is 60.5 Å². The highest BCUT2D eigenvalue weighted by atomic mass is 79.9. The fraction of sp³-hybridized carbons (Fsp3) is 0.267. The number of aromatic nitrogens is 1. The van der Waals surface area contributed by atoms with E-state index in [1.165, 1.54) is 24.7 Å². The molecule has 2 N–H and O–H groups in total. The van der Waals surface area contributed by atoms with Crippen molar-refractivity contribution in [1.29, 1.82) is 0 Å². The Labute approximate surface area is 165 Å². The Bertz CT molecular complexity index is 795. The van der Waals surface area contributed by atoms with Gasteiger partial charge in [0.05, 0.1) is 37.6 Å². The van der Waals surface area contributed by atoms with Crippen molar-refractivity contribution in [3.63, 3.8) is 0 Å². The van der Waals surface area contributed by atoms with E-state index in [9.17, 15) is 9.90 Å². The number of carbonyl (C=O) groups is 1. The topological polar surface area (TPSA) is 93.0 Å². The normalized spacial score (nSPS) is 10.9. The lowest BCUT2D eigenvalue weighted by Gasteiger charge is -2.09. The molecular weight excluding hydrogens is 478 g/mol. The average Bonchev–Trinajstić information content (AvgIpc) is 3.01. The smallest absolute Gasteiger partial charge is 0.311 e. The standard InChI is InChI=1S/C15H15Br2N3O4S/c1-3-24-12(21)4-8-7-25-15(19-8)20-18-6-9-13(17)10(16)5-11(23-2)14(9)22/h5-7,22H,3-4H2,1-2H3,(H,19,20). The summed E-state index contributed by atoms with van der Waals surface area (Å²) >= 11 is 8.07. The van der Waals surface area contributed by atoms with E-state index in [0.717, 1.165) is 4.47 Å². The number of nitrogens with one attached hydrogen (secondary N) is 1. The van der Waals surface area contributed by atoms with Crippen molar-refractivity contribution in [2.45, 2.75) is 13.3 Å². The molecule has 0 aliphatic heterocycles. The first-order chi connectivity index (χ1) is 12.0. The molecule has 134 valence electrons. The zero-order chi connectivity index (χ0) is 18.4. The molecule has 0 spiro atoms. The molecular formula is C15H15Br2N3O4S. The Kier molecular flexibility index (Phi) is 7.21. The summed E-state index contributed by atoms with van der Waals surface area (Å²) in [5.41, 5.74) is 3.82. The SMILES string of the molecule is CCOC(=O)Cc1csc(NN=Cc2c(O)c(OC)cc(Br)c2Br)n1. The molecule has 0 amide bonds. The number of phenols is 1. The largest absolute Gasteiger partial charge is 0.504 e. The molecule has 0 unspecified atom stereocenters. The van der Waals surface area contributed by atoms with Gasteiger partial charge in [-0.05, 0) is 44.8 Å². The van der Waals surface area contributed by atoms with Crippen LogP contribution in [0.5, 0.6) is 11.5 Å². The summed E-state index contributed by atoms with van der Waals surface area (Å²) in [4.78, 5) is 15.7. The summed E-state index contributed by atoms with van der Waals surface area (Å²) in [5, 5.41) is 16.5. The molecule has 1 aromatic heterocycles. The molecule has 2 rings (SSSR count). The average molecular weight is 493 g/mol. The van der Waals surface area contributed by atoms with E-state index in [1.54, 1.807) is 18.4 Å². The number of phenolic OH excluding ortho intramolecular Hbond substituents is 1. The molecule has 0 aliphatic carbocycles. The lowest BCUT2D eigenvalue weighted by atomic mass is 10.2. The number of thiazole rings is 1. The van der Waals surface area contributed by atoms with Crippen LogP contribution in [0.25, 0.3) is 0 Å². The van der Waals surface area contributed by atoms with Crippen LogP contribution in [-0.2, 0) is 16.0 Å². The van der Waals surface area contributed by atoms with E-state index in [0.29, 0.717) is 33.2 Å². The van der Waals surface area contributed by atoms with Gasteiger partial charge in [-0.2, -0.15) is 5.10 Å². The summed E-state index contributed by atoms with van der Waals surface area (Å²) in [6.07, 6.45) is 1.56. The van der Waals surface area contributed by atoms with Gasteiger partial charge in [0.2, 0.25) is 5.13 Å². The van der Waals surface area contributed by atoms with Gasteiger partial charge in [0, 0.05) is 14.3 Å². The fourth-order valence-corrected chi connectivity index (χ4v) is 3.32. The van der Waals surface area contributed by atoms with Crippen molar-refractivity contribution in [1.82, 2.24) is 4.98 Å². The number of methoxy groups -OCH3 is 1. The minimum atomic E-state index is -0.321. The molecule has 7 nitrogen and oxygen atoms in total. The van der Waals surface area contributed by atoms with Gasteiger partial charge in [0.1, 0.15) is 0 Å². The number of hydrazone groups is 1. The van der Waals surface area contributed by atoms with Crippen LogP contribution >= 0.6 is 43.2 Å². The van der Waals surface area contributed by atoms with Crippen LogP contribution in [0.15, 0.2) is 25.5 Å². The first kappa shape index (κ1) is 19.7. The maximum absolute atomic E-state index is 11.4. The third kappa shape index (κ3) is 5.16. The van der Waals surface area contributed by atoms with Gasteiger partial charge < -0.3 is 14.6 Å². The molecule has 0 saturated carbocycles. The fourth-order valence-electron chi connectivity index (χ4n) is 1.84. The lowest BCUT2D eigenvalue weighted by molar-refractivity contribution is -0.142. The second kappa shape index (κ2) is 9.16. The number of carbonyl (C=O) groups excluding carboxylic acids is 1. The summed E-state index contributed by atoms with van der Waals surface area (Å²) in [6.45, 7) is 2.10. The molecule has 1 heterocycles. The Balaban J connectivity index is 2.08. The van der Waals surface area contributed by atoms with E-state index in [1.807, 2.05) is 0 Å². The molecule has 25 heavy (non-hydrogen) atoms. The van der Waals surface area contributed by atoms with Gasteiger partial charge in [-0.3, -0.25) is 10.2 Å². The number of ether oxygens (including phenoxy) is 2. The zero-order valence-electron chi connectivity index (χ0n) is 13.4. The first-order valence-corrected chi connectivity index (χ1v) is 9.56. The first-order valence-electron chi connectivity index (χ1n) is 7.10. The zero-order valence-corrected chi connectivity index (χ0v) is 17.4. The van der Waals surface area contributed by atoms with Gasteiger partial charge in [-0.25, -0.2) is 4.98 Å². The van der Waals surface area contributed by atoms with E-state index in [-0.39, 0.29) is 18.1 Å². The van der Waals surface area contributed by atoms with E-state index in [4.69, 9.17) is 9.47 Å². The maximum atomic E-state index is 11.4. The van der Waals surface area contributed by atoms with Crippen LogP contribution in [0.3, 0.4) is 0 Å². The number of hydrogen-bond acceptors (Lipinski definition) is 8. The molecule has 0 saturated heterocycles. The number of rotatable bonds is 7. The van der Waals surface area contributed by atoms with Gasteiger partial charge >= 0.3 is 5.97 Å². The molecule has 0 fully saturated rings. The monoisotopic (exact) mass is 491 g/mol. The van der Waals surface area contributed by atoms with Crippen LogP contribution < -0.4 is 10.2 Å². The third-order valence-electron chi connectivity index (χ3n) is 2.95. The Morgan fingerprint density at radius 3 is 2.96 bits per heavy atom. The van der Waals surface area contributed by atoms with E-state index in [2.05, 4.69) is 47.4 Å². The van der Waals surface area contributed by atoms with Crippen molar-refractivity contribution < 1.29 is 19.4 Å². The second-order valence-electron chi connectivity index (χ2n) is 4.63. The maximum Gasteiger partial charge on any atom is 0.311 e. The van der Waals surface area contributed by atoms with Crippen LogP contribution in [0, 0.1) is 0 Å². The minimum Gasteiger partial charge on any atom is -0.504 e. The number of esters is 1. The lowest BCUT2D eigenvalue weighted by Crippen LogP contribution is -2.07. The number of aromatic hydroxyl groups is 1. The molecule has 1 aromatic carbocycles. The van der Waals surface area contributed by atoms with Crippen molar-refractivity contribution in [3.8, 4) is 11.5 Å². The molecule has 10 heteroatoms. The van der Waals surface area contributed by atoms with Gasteiger partial charge in [0.25, 0.3) is 0 Å². The van der Waals surface area contributed by atoms with Gasteiger partial charge in [-0.15, -0.1) is 11.3 Å². The van der Waals surface area contributed by atoms with Crippen LogP contribution in [0.2, 0.25) is 0 Å². The minimum absolute atomic E-state index is 0.0368. The van der Waals surface area contributed by atoms with Crippen LogP contribution in [-0.4, -0.2) is 36.0 Å². The second-order valence-corrected chi connectivity index (χ2v) is 7.14. The summed E-state index contributed by atoms with van der Waals surface area (Å²) in [6, 6.07) is 1.65. The highest BCUT2D eigenvalue weighted by molar-refractivity contribution is 9.13. The summed E-state index contributed by atoms with van der Waals surface area (Å²) < 4.78 is 11.3. The predicted molar refractivity (Wildman–Crippen MR) is 104 cm³/mol. The third-order valence-corrected chi connectivity index (χ3v) is 5.76. The highest BCUT2D eigenvalue weighted by Crippen LogP contribution is 2.39. The molecule has 0 bridgehead atoms. The molecule has 2 aromatic rings. The van der Waals surface area contributed by atoms with Crippen molar-refractivity contribution in [2.75, 3.05) is 19.1 Å². The number of benzene rings is 1. The van der Waals surface area contributed by atoms with E-state index < -0.39 is 0 Å². The number of anilines is 1. The number of nitrogens with zero attached hydrogens (tertiary/aromatic N) is 2.